The van der Waals surface area contributed by atoms with Crippen LogP contribution in [0.25, 0.3) is 0 Å². The number of carbonyl (C=O) groups is 1. The van der Waals surface area contributed by atoms with E-state index >= 15 is 0 Å². The van der Waals surface area contributed by atoms with Gasteiger partial charge in [-0.1, -0.05) is 0 Å². The normalized spacial score (nSPS) is 19.5. The number of alkyl halides is 1. The predicted octanol–water partition coefficient (Wildman–Crippen LogP) is 4.07. The predicted molar refractivity (Wildman–Crippen MR) is 78.1 cm³/mol. The largest absolute Gasteiger partial charge is 0.338 e. The molecule has 0 spiro atoms. The van der Waals surface area contributed by atoms with Crippen molar-refractivity contribution in [3.63, 3.8) is 0 Å². The first-order valence-corrected chi connectivity index (χ1v) is 7.75. The lowest BCUT2D eigenvalue weighted by Gasteiger charge is -2.32. The molecule has 1 aromatic rings. The molecule has 0 N–H and O–H groups in total. The SMILES string of the molecule is O=C(c1ccc(Br)c(F)c1)N1CCCC(CCCl)C1. The van der Waals surface area contributed by atoms with Crippen molar-refractivity contribution in [1.82, 2.24) is 4.90 Å². The van der Waals surface area contributed by atoms with E-state index in [-0.39, 0.29) is 5.91 Å². The lowest BCUT2D eigenvalue weighted by molar-refractivity contribution is 0.0671. The number of carbonyl (C=O) groups excluding carboxylic acids is 1. The van der Waals surface area contributed by atoms with Gasteiger partial charge in [-0.25, -0.2) is 4.39 Å². The average molecular weight is 349 g/mol. The summed E-state index contributed by atoms with van der Waals surface area (Å²) < 4.78 is 13.8. The number of nitrogens with zero attached hydrogens (tertiary/aromatic N) is 1. The van der Waals surface area contributed by atoms with Crippen molar-refractivity contribution in [2.45, 2.75) is 19.3 Å². The van der Waals surface area contributed by atoms with Gasteiger partial charge in [0, 0.05) is 24.5 Å². The van der Waals surface area contributed by atoms with Gasteiger partial charge in [-0.3, -0.25) is 4.79 Å². The zero-order valence-electron chi connectivity index (χ0n) is 10.5. The number of hydrogen-bond acceptors (Lipinski definition) is 1. The molecule has 2 nitrogen and oxygen atoms in total. The van der Waals surface area contributed by atoms with Crippen LogP contribution in [0.15, 0.2) is 22.7 Å². The summed E-state index contributed by atoms with van der Waals surface area (Å²) in [6.45, 7) is 1.47. The van der Waals surface area contributed by atoms with Crippen molar-refractivity contribution in [3.8, 4) is 0 Å². The molecule has 1 amide bonds. The molecule has 1 aliphatic rings. The van der Waals surface area contributed by atoms with E-state index in [4.69, 9.17) is 11.6 Å². The number of piperidine rings is 1. The Bertz CT molecular complexity index is 467. The van der Waals surface area contributed by atoms with Gasteiger partial charge in [-0.05, 0) is 59.3 Å². The second kappa shape index (κ2) is 6.71. The minimum atomic E-state index is -0.403. The van der Waals surface area contributed by atoms with Crippen LogP contribution in [0.4, 0.5) is 4.39 Å². The van der Waals surface area contributed by atoms with E-state index in [0.717, 1.165) is 32.4 Å². The Morgan fingerprint density at radius 2 is 2.32 bits per heavy atom. The molecule has 1 saturated heterocycles. The van der Waals surface area contributed by atoms with Gasteiger partial charge in [-0.15, -0.1) is 11.6 Å². The van der Waals surface area contributed by atoms with Crippen molar-refractivity contribution in [2.24, 2.45) is 5.92 Å². The fourth-order valence-electron chi connectivity index (χ4n) is 2.45. The lowest BCUT2D eigenvalue weighted by Crippen LogP contribution is -2.40. The van der Waals surface area contributed by atoms with E-state index in [0.29, 0.717) is 21.8 Å². The number of amides is 1. The fraction of sp³-hybridized carbons (Fsp3) is 0.500. The van der Waals surface area contributed by atoms with E-state index in [1.165, 1.54) is 6.07 Å². The van der Waals surface area contributed by atoms with Crippen LogP contribution in [-0.4, -0.2) is 29.8 Å². The number of hydrogen-bond donors (Lipinski definition) is 0. The van der Waals surface area contributed by atoms with E-state index in [1.807, 2.05) is 4.90 Å². The molecular formula is C14H16BrClFNO. The Labute approximate surface area is 126 Å². The molecule has 1 aliphatic heterocycles. The van der Waals surface area contributed by atoms with E-state index < -0.39 is 5.82 Å². The maximum atomic E-state index is 13.5. The molecule has 19 heavy (non-hydrogen) atoms. The molecule has 1 atom stereocenters. The Morgan fingerprint density at radius 1 is 1.53 bits per heavy atom. The second-order valence-electron chi connectivity index (χ2n) is 4.87. The van der Waals surface area contributed by atoms with Gasteiger partial charge in [0.25, 0.3) is 5.91 Å². The van der Waals surface area contributed by atoms with Crippen molar-refractivity contribution in [2.75, 3.05) is 19.0 Å². The summed E-state index contributed by atoms with van der Waals surface area (Å²) in [5.41, 5.74) is 0.409. The van der Waals surface area contributed by atoms with Gasteiger partial charge in [0.2, 0.25) is 0 Å². The molecule has 0 saturated carbocycles. The van der Waals surface area contributed by atoms with Gasteiger partial charge in [0.1, 0.15) is 5.82 Å². The van der Waals surface area contributed by atoms with E-state index in [9.17, 15) is 9.18 Å². The Hall–Kier alpha value is -0.610. The molecule has 1 fully saturated rings. The van der Waals surface area contributed by atoms with Gasteiger partial charge in [0.15, 0.2) is 0 Å². The number of benzene rings is 1. The summed E-state index contributed by atoms with van der Waals surface area (Å²) in [5, 5.41) is 0. The lowest BCUT2D eigenvalue weighted by atomic mass is 9.95. The number of likely N-dealkylation sites (tertiary alicyclic amines) is 1. The topological polar surface area (TPSA) is 20.3 Å². The van der Waals surface area contributed by atoms with Crippen LogP contribution in [0, 0.1) is 11.7 Å². The Kier molecular flexibility index (Phi) is 5.22. The second-order valence-corrected chi connectivity index (χ2v) is 6.10. The summed E-state index contributed by atoms with van der Waals surface area (Å²) in [7, 11) is 0. The molecule has 0 aromatic heterocycles. The molecule has 0 aliphatic carbocycles. The zero-order valence-corrected chi connectivity index (χ0v) is 12.9. The maximum absolute atomic E-state index is 13.5. The molecule has 1 unspecified atom stereocenters. The van der Waals surface area contributed by atoms with Gasteiger partial charge in [0.05, 0.1) is 4.47 Å². The molecule has 2 rings (SSSR count). The van der Waals surface area contributed by atoms with Crippen LogP contribution in [0.2, 0.25) is 0 Å². The average Bonchev–Trinajstić information content (AvgIpc) is 2.42. The molecule has 5 heteroatoms. The highest BCUT2D eigenvalue weighted by Gasteiger charge is 2.24. The third-order valence-corrected chi connectivity index (χ3v) is 4.35. The highest BCUT2D eigenvalue weighted by Crippen LogP contribution is 2.23. The van der Waals surface area contributed by atoms with Gasteiger partial charge in [-0.2, -0.15) is 0 Å². The third-order valence-electron chi connectivity index (χ3n) is 3.49. The third kappa shape index (κ3) is 3.69. The molecule has 104 valence electrons. The first-order valence-electron chi connectivity index (χ1n) is 6.42. The van der Waals surface area contributed by atoms with E-state index in [2.05, 4.69) is 15.9 Å². The van der Waals surface area contributed by atoms with Crippen LogP contribution in [0.3, 0.4) is 0 Å². The summed E-state index contributed by atoms with van der Waals surface area (Å²) in [6, 6.07) is 4.51. The summed E-state index contributed by atoms with van der Waals surface area (Å²) in [6.07, 6.45) is 3.04. The van der Waals surface area contributed by atoms with E-state index in [1.54, 1.807) is 12.1 Å². The van der Waals surface area contributed by atoms with Crippen molar-refractivity contribution in [1.29, 1.82) is 0 Å². The van der Waals surface area contributed by atoms with Crippen molar-refractivity contribution < 1.29 is 9.18 Å². The monoisotopic (exact) mass is 347 g/mol. The summed E-state index contributed by atoms with van der Waals surface area (Å²) >= 11 is 8.85. The maximum Gasteiger partial charge on any atom is 0.253 e. The fourth-order valence-corrected chi connectivity index (χ4v) is 3.01. The van der Waals surface area contributed by atoms with Crippen molar-refractivity contribution >= 4 is 33.4 Å². The van der Waals surface area contributed by atoms with Crippen LogP contribution < -0.4 is 0 Å². The first kappa shape index (κ1) is 14.8. The summed E-state index contributed by atoms with van der Waals surface area (Å²) in [4.78, 5) is 14.1. The number of rotatable bonds is 3. The molecule has 0 bridgehead atoms. The highest BCUT2D eigenvalue weighted by molar-refractivity contribution is 9.10. The standard InChI is InChI=1S/C14H16BrClFNO/c15-12-4-3-11(8-13(12)17)14(19)18-7-1-2-10(9-18)5-6-16/h3-4,8,10H,1-2,5-7,9H2. The minimum absolute atomic E-state index is 0.0920. The molecular weight excluding hydrogens is 333 g/mol. The zero-order chi connectivity index (χ0) is 13.8. The Balaban J connectivity index is 2.08. The van der Waals surface area contributed by atoms with Gasteiger partial charge < -0.3 is 4.90 Å². The summed E-state index contributed by atoms with van der Waals surface area (Å²) in [5.74, 6) is 0.598. The smallest absolute Gasteiger partial charge is 0.253 e. The minimum Gasteiger partial charge on any atom is -0.338 e. The quantitative estimate of drug-likeness (QED) is 0.754. The van der Waals surface area contributed by atoms with Crippen LogP contribution >= 0.6 is 27.5 Å². The highest BCUT2D eigenvalue weighted by atomic mass is 79.9. The molecule has 1 aromatic carbocycles. The Morgan fingerprint density at radius 3 is 3.00 bits per heavy atom. The van der Waals surface area contributed by atoms with Crippen LogP contribution in [-0.2, 0) is 0 Å². The van der Waals surface area contributed by atoms with Gasteiger partial charge >= 0.3 is 0 Å². The first-order chi connectivity index (χ1) is 9.11. The van der Waals surface area contributed by atoms with Crippen molar-refractivity contribution in [3.05, 3.63) is 34.1 Å². The van der Waals surface area contributed by atoms with Crippen LogP contribution in [0.1, 0.15) is 29.6 Å². The molecule has 1 heterocycles. The number of halogens is 3. The van der Waals surface area contributed by atoms with Crippen LogP contribution in [0.5, 0.6) is 0 Å². The molecule has 0 radical (unpaired) electrons.